The van der Waals surface area contributed by atoms with Crippen molar-refractivity contribution in [3.05, 3.63) is 21.4 Å². The van der Waals surface area contributed by atoms with Crippen LogP contribution in [-0.4, -0.2) is 37.0 Å². The van der Waals surface area contributed by atoms with Crippen LogP contribution in [0.1, 0.15) is 45.8 Å². The molecule has 1 aromatic heterocycles. The normalized spacial score (nSPS) is 22.2. The second-order valence-electron chi connectivity index (χ2n) is 6.39. The number of hydrogen-bond donors (Lipinski definition) is 1. The molecule has 1 aromatic rings. The Labute approximate surface area is 125 Å². The number of amides is 1. The fourth-order valence-corrected chi connectivity index (χ4v) is 4.48. The molecule has 0 unspecified atom stereocenters. The molecular weight excluding hydrogens is 268 g/mol. The van der Waals surface area contributed by atoms with Gasteiger partial charge in [-0.05, 0) is 69.7 Å². The van der Waals surface area contributed by atoms with E-state index in [9.17, 15) is 4.79 Å². The standard InChI is InChI=1S/C16H24N2OS/c1-12-11-14(20-13(12)2)15(19)18-9-5-16(6-10-18)3-7-17-8-4-16/h11,17H,3-10H2,1-2H3. The molecule has 2 saturated heterocycles. The van der Waals surface area contributed by atoms with Crippen LogP contribution in [0.15, 0.2) is 6.07 Å². The molecule has 3 heterocycles. The molecule has 0 saturated carbocycles. The lowest BCUT2D eigenvalue weighted by Gasteiger charge is -2.44. The first-order valence-electron chi connectivity index (χ1n) is 7.67. The van der Waals surface area contributed by atoms with Crippen molar-refractivity contribution in [1.29, 1.82) is 0 Å². The Kier molecular flexibility index (Phi) is 3.87. The highest BCUT2D eigenvalue weighted by molar-refractivity contribution is 7.14. The van der Waals surface area contributed by atoms with Crippen LogP contribution >= 0.6 is 11.3 Å². The quantitative estimate of drug-likeness (QED) is 0.863. The van der Waals surface area contributed by atoms with E-state index in [0.717, 1.165) is 31.1 Å². The third-order valence-corrected chi connectivity index (χ3v) is 6.29. The topological polar surface area (TPSA) is 32.3 Å². The number of nitrogens with zero attached hydrogens (tertiary/aromatic N) is 1. The van der Waals surface area contributed by atoms with Crippen molar-refractivity contribution in [3.8, 4) is 0 Å². The largest absolute Gasteiger partial charge is 0.338 e. The van der Waals surface area contributed by atoms with Gasteiger partial charge in [0.15, 0.2) is 0 Å². The molecule has 3 rings (SSSR count). The minimum Gasteiger partial charge on any atom is -0.338 e. The summed E-state index contributed by atoms with van der Waals surface area (Å²) in [5.41, 5.74) is 1.76. The Morgan fingerprint density at radius 1 is 1.20 bits per heavy atom. The van der Waals surface area contributed by atoms with Crippen molar-refractivity contribution in [2.45, 2.75) is 39.5 Å². The molecule has 0 aliphatic carbocycles. The van der Waals surface area contributed by atoms with Gasteiger partial charge < -0.3 is 10.2 Å². The molecule has 3 nitrogen and oxygen atoms in total. The lowest BCUT2D eigenvalue weighted by Crippen LogP contribution is -2.47. The van der Waals surface area contributed by atoms with Gasteiger partial charge in [-0.25, -0.2) is 0 Å². The second-order valence-corrected chi connectivity index (χ2v) is 7.65. The van der Waals surface area contributed by atoms with Crippen molar-refractivity contribution < 1.29 is 4.79 Å². The van der Waals surface area contributed by atoms with Crippen LogP contribution in [0.25, 0.3) is 0 Å². The third-order valence-electron chi connectivity index (χ3n) is 5.15. The van der Waals surface area contributed by atoms with Crippen LogP contribution in [0.2, 0.25) is 0 Å². The number of hydrogen-bond acceptors (Lipinski definition) is 3. The number of likely N-dealkylation sites (tertiary alicyclic amines) is 1. The molecule has 110 valence electrons. The first-order chi connectivity index (χ1) is 9.60. The summed E-state index contributed by atoms with van der Waals surface area (Å²) in [5.74, 6) is 0.245. The third kappa shape index (κ3) is 2.63. The van der Waals surface area contributed by atoms with E-state index >= 15 is 0 Å². The SMILES string of the molecule is Cc1cc(C(=O)N2CCC3(CCNCC3)CC2)sc1C. The monoisotopic (exact) mass is 292 g/mol. The van der Waals surface area contributed by atoms with E-state index in [1.165, 1.54) is 36.1 Å². The fraction of sp³-hybridized carbons (Fsp3) is 0.688. The van der Waals surface area contributed by atoms with Gasteiger partial charge >= 0.3 is 0 Å². The molecule has 0 atom stereocenters. The van der Waals surface area contributed by atoms with Gasteiger partial charge in [0.05, 0.1) is 4.88 Å². The van der Waals surface area contributed by atoms with Crippen molar-refractivity contribution in [3.63, 3.8) is 0 Å². The van der Waals surface area contributed by atoms with E-state index in [1.54, 1.807) is 11.3 Å². The molecule has 1 spiro atoms. The fourth-order valence-electron chi connectivity index (χ4n) is 3.48. The Bertz CT molecular complexity index is 473. The number of thiophene rings is 1. The maximum Gasteiger partial charge on any atom is 0.263 e. The van der Waals surface area contributed by atoms with Gasteiger partial charge in [-0.1, -0.05) is 0 Å². The van der Waals surface area contributed by atoms with Crippen LogP contribution in [0.5, 0.6) is 0 Å². The number of aryl methyl sites for hydroxylation is 2. The number of carbonyl (C=O) groups excluding carboxylic acids is 1. The summed E-state index contributed by atoms with van der Waals surface area (Å²) >= 11 is 1.64. The highest BCUT2D eigenvalue weighted by Crippen LogP contribution is 2.40. The zero-order valence-corrected chi connectivity index (χ0v) is 13.3. The second kappa shape index (κ2) is 5.49. The summed E-state index contributed by atoms with van der Waals surface area (Å²) in [7, 11) is 0. The minimum absolute atomic E-state index is 0.245. The van der Waals surface area contributed by atoms with Crippen molar-refractivity contribution in [2.24, 2.45) is 5.41 Å². The summed E-state index contributed by atoms with van der Waals surface area (Å²) in [6.45, 7) is 8.36. The molecule has 1 N–H and O–H groups in total. The summed E-state index contributed by atoms with van der Waals surface area (Å²) in [6, 6.07) is 2.05. The van der Waals surface area contributed by atoms with Crippen molar-refractivity contribution >= 4 is 17.2 Å². The predicted octanol–water partition coefficient (Wildman–Crippen LogP) is 2.97. The number of rotatable bonds is 1. The van der Waals surface area contributed by atoms with E-state index in [0.29, 0.717) is 5.41 Å². The first-order valence-corrected chi connectivity index (χ1v) is 8.48. The zero-order chi connectivity index (χ0) is 14.2. The van der Waals surface area contributed by atoms with E-state index in [-0.39, 0.29) is 5.91 Å². The van der Waals surface area contributed by atoms with Crippen LogP contribution < -0.4 is 5.32 Å². The molecular formula is C16H24N2OS. The molecule has 2 aliphatic heterocycles. The molecule has 1 amide bonds. The van der Waals surface area contributed by atoms with Crippen LogP contribution in [0.3, 0.4) is 0 Å². The summed E-state index contributed by atoms with van der Waals surface area (Å²) in [6.07, 6.45) is 4.94. The molecule has 2 aliphatic rings. The lowest BCUT2D eigenvalue weighted by molar-refractivity contribution is 0.0500. The Balaban J connectivity index is 1.64. The van der Waals surface area contributed by atoms with Gasteiger partial charge in [-0.2, -0.15) is 0 Å². The van der Waals surface area contributed by atoms with Crippen molar-refractivity contribution in [2.75, 3.05) is 26.2 Å². The average molecular weight is 292 g/mol. The average Bonchev–Trinajstić information content (AvgIpc) is 2.80. The number of nitrogens with one attached hydrogen (secondary N) is 1. The van der Waals surface area contributed by atoms with Crippen LogP contribution in [-0.2, 0) is 0 Å². The first kappa shape index (κ1) is 14.1. The minimum atomic E-state index is 0.245. The molecule has 2 fully saturated rings. The highest BCUT2D eigenvalue weighted by Gasteiger charge is 2.37. The molecule has 0 aromatic carbocycles. The van der Waals surface area contributed by atoms with E-state index < -0.39 is 0 Å². The Hall–Kier alpha value is -0.870. The molecule has 4 heteroatoms. The van der Waals surface area contributed by atoms with E-state index in [2.05, 4.69) is 30.1 Å². The highest BCUT2D eigenvalue weighted by atomic mass is 32.1. The summed E-state index contributed by atoms with van der Waals surface area (Å²) in [4.78, 5) is 16.8. The molecule has 0 radical (unpaired) electrons. The van der Waals surface area contributed by atoms with Gasteiger partial charge in [-0.15, -0.1) is 11.3 Å². The van der Waals surface area contributed by atoms with Crippen LogP contribution in [0.4, 0.5) is 0 Å². The van der Waals surface area contributed by atoms with Gasteiger partial charge in [0.25, 0.3) is 5.91 Å². The maximum absolute atomic E-state index is 12.6. The predicted molar refractivity (Wildman–Crippen MR) is 83.5 cm³/mol. The molecule has 0 bridgehead atoms. The summed E-state index contributed by atoms with van der Waals surface area (Å²) in [5, 5.41) is 3.45. The van der Waals surface area contributed by atoms with E-state index in [4.69, 9.17) is 0 Å². The Morgan fingerprint density at radius 2 is 1.85 bits per heavy atom. The lowest BCUT2D eigenvalue weighted by atomic mass is 9.71. The zero-order valence-electron chi connectivity index (χ0n) is 12.5. The van der Waals surface area contributed by atoms with Gasteiger partial charge in [0.1, 0.15) is 0 Å². The number of carbonyl (C=O) groups is 1. The van der Waals surface area contributed by atoms with Gasteiger partial charge in [0.2, 0.25) is 0 Å². The van der Waals surface area contributed by atoms with Crippen LogP contribution in [0, 0.1) is 19.3 Å². The maximum atomic E-state index is 12.6. The summed E-state index contributed by atoms with van der Waals surface area (Å²) < 4.78 is 0. The van der Waals surface area contributed by atoms with E-state index in [1.807, 2.05) is 0 Å². The Morgan fingerprint density at radius 3 is 2.40 bits per heavy atom. The van der Waals surface area contributed by atoms with Gasteiger partial charge in [-0.3, -0.25) is 4.79 Å². The number of piperidine rings is 2. The smallest absolute Gasteiger partial charge is 0.263 e. The molecule has 20 heavy (non-hydrogen) atoms. The van der Waals surface area contributed by atoms with Crippen molar-refractivity contribution in [1.82, 2.24) is 10.2 Å². The van der Waals surface area contributed by atoms with Gasteiger partial charge in [0, 0.05) is 18.0 Å².